The van der Waals surface area contributed by atoms with Gasteiger partial charge in [0.1, 0.15) is 0 Å². The van der Waals surface area contributed by atoms with Gasteiger partial charge in [-0.15, -0.1) is 11.3 Å². The van der Waals surface area contributed by atoms with Crippen LogP contribution in [-0.2, 0) is 0 Å². The lowest BCUT2D eigenvalue weighted by atomic mass is 9.97. The largest absolute Gasteiger partial charge is 0.309 e. The number of aromatic nitrogens is 1. The first-order valence-corrected chi connectivity index (χ1v) is 21.6. The van der Waals surface area contributed by atoms with Crippen molar-refractivity contribution in [2.75, 3.05) is 4.90 Å². The second kappa shape index (κ2) is 14.5. The van der Waals surface area contributed by atoms with Crippen molar-refractivity contribution in [1.82, 2.24) is 4.57 Å². The van der Waals surface area contributed by atoms with Crippen LogP contribution < -0.4 is 4.90 Å². The molecule has 0 saturated carbocycles. The SMILES string of the molecule is c1ccc(-c2cc(-c3ccccc3)cc(N(c3ccc(-c4cccc(-n5c6ccccc6c6ccccc65)c4)cc3)c3cccc4c3sc3c5ccccc5ccc43)c2)cc1. The van der Waals surface area contributed by atoms with E-state index in [4.69, 9.17) is 0 Å². The normalized spacial score (nSPS) is 11.6. The van der Waals surface area contributed by atoms with E-state index in [1.807, 2.05) is 11.3 Å². The van der Waals surface area contributed by atoms with Crippen molar-refractivity contribution >= 4 is 81.1 Å². The number of hydrogen-bond donors (Lipinski definition) is 0. The Bertz CT molecular complexity index is 3470. The molecule has 0 aliphatic carbocycles. The molecule has 0 aliphatic rings. The predicted octanol–water partition coefficient (Wildman–Crippen LogP) is 16.8. The first-order valence-electron chi connectivity index (χ1n) is 20.8. The first kappa shape index (κ1) is 35.2. The van der Waals surface area contributed by atoms with Crippen molar-refractivity contribution in [3.8, 4) is 39.1 Å². The van der Waals surface area contributed by atoms with Gasteiger partial charge in [-0.2, -0.15) is 0 Å². The number of nitrogens with zero attached hydrogens (tertiary/aromatic N) is 2. The number of hydrogen-bond acceptors (Lipinski definition) is 2. The Morgan fingerprint density at radius 2 is 0.852 bits per heavy atom. The fraction of sp³-hybridized carbons (Fsp3) is 0. The van der Waals surface area contributed by atoms with E-state index in [1.165, 1.54) is 86.1 Å². The summed E-state index contributed by atoms with van der Waals surface area (Å²) in [6, 6.07) is 84.2. The number of para-hydroxylation sites is 2. The molecule has 10 aromatic carbocycles. The van der Waals surface area contributed by atoms with Crippen LogP contribution in [-0.4, -0.2) is 4.57 Å². The summed E-state index contributed by atoms with van der Waals surface area (Å²) in [5.74, 6) is 0. The van der Waals surface area contributed by atoms with Crippen molar-refractivity contribution < 1.29 is 0 Å². The molecule has 2 heterocycles. The highest BCUT2D eigenvalue weighted by Crippen LogP contribution is 2.48. The van der Waals surface area contributed by atoms with Crippen LogP contribution in [0.25, 0.3) is 91.8 Å². The Morgan fingerprint density at radius 3 is 1.54 bits per heavy atom. The summed E-state index contributed by atoms with van der Waals surface area (Å²) in [5.41, 5.74) is 14.0. The summed E-state index contributed by atoms with van der Waals surface area (Å²) < 4.78 is 4.98. The summed E-state index contributed by atoms with van der Waals surface area (Å²) in [4.78, 5) is 2.47. The molecule has 2 nitrogen and oxygen atoms in total. The minimum Gasteiger partial charge on any atom is -0.309 e. The molecule has 0 atom stereocenters. The molecule has 0 radical (unpaired) electrons. The maximum Gasteiger partial charge on any atom is 0.0640 e. The third-order valence-electron chi connectivity index (χ3n) is 12.1. The summed E-state index contributed by atoms with van der Waals surface area (Å²) >= 11 is 1.89. The van der Waals surface area contributed by atoms with E-state index in [2.05, 4.69) is 240 Å². The number of fused-ring (bicyclic) bond motifs is 8. The highest BCUT2D eigenvalue weighted by molar-refractivity contribution is 7.27. The molecule has 286 valence electrons. The van der Waals surface area contributed by atoms with Crippen molar-refractivity contribution in [2.45, 2.75) is 0 Å². The smallest absolute Gasteiger partial charge is 0.0640 e. The molecule has 0 fully saturated rings. The van der Waals surface area contributed by atoms with Crippen LogP contribution in [0.1, 0.15) is 0 Å². The van der Waals surface area contributed by atoms with Gasteiger partial charge in [-0.3, -0.25) is 0 Å². The molecule has 0 aliphatic heterocycles. The minimum absolute atomic E-state index is 1.10. The second-order valence-electron chi connectivity index (χ2n) is 15.7. The average Bonchev–Trinajstić information content (AvgIpc) is 3.89. The molecule has 2 aromatic heterocycles. The quantitative estimate of drug-likeness (QED) is 0.156. The van der Waals surface area contributed by atoms with E-state index in [1.54, 1.807) is 0 Å². The van der Waals surface area contributed by atoms with Gasteiger partial charge in [0.05, 0.1) is 21.4 Å². The fourth-order valence-electron chi connectivity index (χ4n) is 9.28. The Hall–Kier alpha value is -7.72. The molecule has 61 heavy (non-hydrogen) atoms. The molecule has 0 saturated heterocycles. The van der Waals surface area contributed by atoms with Gasteiger partial charge in [0.15, 0.2) is 0 Å². The summed E-state index contributed by atoms with van der Waals surface area (Å²) in [5, 5.41) is 7.66. The number of thiophene rings is 1. The Labute approximate surface area is 358 Å². The molecular formula is C58H38N2S. The van der Waals surface area contributed by atoms with Crippen LogP contribution in [0.2, 0.25) is 0 Å². The van der Waals surface area contributed by atoms with Gasteiger partial charge in [0.2, 0.25) is 0 Å². The van der Waals surface area contributed by atoms with Crippen molar-refractivity contribution in [3.63, 3.8) is 0 Å². The maximum atomic E-state index is 2.47. The van der Waals surface area contributed by atoms with Crippen LogP contribution in [0.4, 0.5) is 17.1 Å². The molecule has 0 amide bonds. The molecule has 0 bridgehead atoms. The highest BCUT2D eigenvalue weighted by atomic mass is 32.1. The van der Waals surface area contributed by atoms with Gasteiger partial charge in [-0.1, -0.05) is 170 Å². The lowest BCUT2D eigenvalue weighted by Gasteiger charge is -2.27. The van der Waals surface area contributed by atoms with Crippen LogP contribution in [0.15, 0.2) is 231 Å². The maximum absolute atomic E-state index is 2.47. The fourth-order valence-corrected chi connectivity index (χ4v) is 10.6. The lowest BCUT2D eigenvalue weighted by Crippen LogP contribution is -2.10. The zero-order valence-corrected chi connectivity index (χ0v) is 34.1. The van der Waals surface area contributed by atoms with Crippen LogP contribution in [0, 0.1) is 0 Å². The van der Waals surface area contributed by atoms with Crippen molar-refractivity contribution in [2.24, 2.45) is 0 Å². The van der Waals surface area contributed by atoms with E-state index < -0.39 is 0 Å². The van der Waals surface area contributed by atoms with E-state index in [0.29, 0.717) is 0 Å². The summed E-state index contributed by atoms with van der Waals surface area (Å²) in [6.45, 7) is 0. The van der Waals surface area contributed by atoms with Gasteiger partial charge in [0, 0.05) is 43.3 Å². The van der Waals surface area contributed by atoms with E-state index in [0.717, 1.165) is 22.7 Å². The number of benzene rings is 10. The Morgan fingerprint density at radius 1 is 0.311 bits per heavy atom. The van der Waals surface area contributed by atoms with Crippen LogP contribution in [0.3, 0.4) is 0 Å². The zero-order valence-electron chi connectivity index (χ0n) is 33.2. The Balaban J connectivity index is 1.05. The van der Waals surface area contributed by atoms with Gasteiger partial charge in [-0.25, -0.2) is 0 Å². The minimum atomic E-state index is 1.10. The van der Waals surface area contributed by atoms with Crippen molar-refractivity contribution in [3.05, 3.63) is 231 Å². The molecular weight excluding hydrogens is 757 g/mol. The van der Waals surface area contributed by atoms with Gasteiger partial charge >= 0.3 is 0 Å². The molecule has 0 unspecified atom stereocenters. The zero-order chi connectivity index (χ0) is 40.3. The third-order valence-corrected chi connectivity index (χ3v) is 13.4. The first-order chi connectivity index (χ1) is 30.2. The van der Waals surface area contributed by atoms with Crippen molar-refractivity contribution in [1.29, 1.82) is 0 Å². The molecule has 12 rings (SSSR count). The third kappa shape index (κ3) is 6.01. The highest BCUT2D eigenvalue weighted by Gasteiger charge is 2.21. The van der Waals surface area contributed by atoms with Gasteiger partial charge in [-0.05, 0) is 105 Å². The standard InChI is InChI=1S/C58H38N2S/c1-3-15-39(16-4-1)44-35-45(40-17-5-2-6-18-40)38-48(37-44)59(56-28-14-25-52-53-34-31-42-19-7-8-22-49(42)57(53)61-58(52)56)46-32-29-41(30-33-46)43-20-13-21-47(36-43)60-54-26-11-9-23-50(54)51-24-10-12-27-55(51)60/h1-38H. The second-order valence-corrected chi connectivity index (χ2v) is 16.7. The molecule has 0 N–H and O–H groups in total. The van der Waals surface area contributed by atoms with E-state index in [9.17, 15) is 0 Å². The molecule has 12 aromatic rings. The number of anilines is 3. The van der Waals surface area contributed by atoms with Crippen LogP contribution >= 0.6 is 11.3 Å². The monoisotopic (exact) mass is 794 g/mol. The summed E-state index contributed by atoms with van der Waals surface area (Å²) in [7, 11) is 0. The van der Waals surface area contributed by atoms with Gasteiger partial charge in [0.25, 0.3) is 0 Å². The molecule has 0 spiro atoms. The van der Waals surface area contributed by atoms with E-state index >= 15 is 0 Å². The number of rotatable bonds is 7. The van der Waals surface area contributed by atoms with E-state index in [-0.39, 0.29) is 0 Å². The Kier molecular flexibility index (Phi) is 8.39. The topological polar surface area (TPSA) is 8.17 Å². The lowest BCUT2D eigenvalue weighted by molar-refractivity contribution is 1.18. The summed E-state index contributed by atoms with van der Waals surface area (Å²) in [6.07, 6.45) is 0. The predicted molar refractivity (Wildman–Crippen MR) is 262 cm³/mol. The average molecular weight is 795 g/mol. The van der Waals surface area contributed by atoms with Crippen LogP contribution in [0.5, 0.6) is 0 Å². The van der Waals surface area contributed by atoms with Gasteiger partial charge < -0.3 is 9.47 Å². The molecule has 3 heteroatoms.